The van der Waals surface area contributed by atoms with Gasteiger partial charge in [-0.15, -0.1) is 0 Å². The molecule has 0 amide bonds. The summed E-state index contributed by atoms with van der Waals surface area (Å²) >= 11 is 0. The van der Waals surface area contributed by atoms with Crippen molar-refractivity contribution in [2.45, 2.75) is 19.3 Å². The van der Waals surface area contributed by atoms with E-state index in [0.717, 1.165) is 0 Å². The van der Waals surface area contributed by atoms with E-state index in [1.165, 1.54) is 13.4 Å². The summed E-state index contributed by atoms with van der Waals surface area (Å²) in [4.78, 5) is 20.8. The Kier molecular flexibility index (Phi) is 6.19. The Hall–Kier alpha value is -1.52. The van der Waals surface area contributed by atoms with E-state index in [1.54, 1.807) is 6.08 Å². The normalized spacial score (nSPS) is 10.7. The number of carbonyl (C=O) groups is 2. The molecule has 0 rings (SSSR count). The number of hydrogen-bond donors (Lipinski definition) is 2. The first-order chi connectivity index (χ1) is 6.56. The van der Waals surface area contributed by atoms with E-state index in [1.807, 2.05) is 0 Å². The Morgan fingerprint density at radius 2 is 1.79 bits per heavy atom. The summed E-state index contributed by atoms with van der Waals surface area (Å²) in [5.41, 5.74) is 0. The summed E-state index contributed by atoms with van der Waals surface area (Å²) in [7, 11) is 1.47. The lowest BCUT2D eigenvalue weighted by atomic mass is 9.98. The molecule has 0 radical (unpaired) electrons. The number of carboxylic acids is 2. The Labute approximate surface area is 82.0 Å². The van der Waals surface area contributed by atoms with Crippen LogP contribution in [0.3, 0.4) is 0 Å². The summed E-state index contributed by atoms with van der Waals surface area (Å²) in [6, 6.07) is 0. The van der Waals surface area contributed by atoms with Crippen LogP contribution < -0.4 is 0 Å². The maximum Gasteiger partial charge on any atom is 0.303 e. The second kappa shape index (κ2) is 6.94. The SMILES string of the molecule is COC=CCC(CC(=O)O)CC(=O)O. The topological polar surface area (TPSA) is 83.8 Å². The highest BCUT2D eigenvalue weighted by atomic mass is 16.5. The van der Waals surface area contributed by atoms with E-state index in [9.17, 15) is 9.59 Å². The van der Waals surface area contributed by atoms with E-state index in [-0.39, 0.29) is 18.8 Å². The van der Waals surface area contributed by atoms with E-state index >= 15 is 0 Å². The number of allylic oxidation sites excluding steroid dienone is 1. The Morgan fingerprint density at radius 1 is 1.29 bits per heavy atom. The van der Waals surface area contributed by atoms with Gasteiger partial charge in [0.2, 0.25) is 0 Å². The second-order valence-electron chi connectivity index (χ2n) is 2.90. The van der Waals surface area contributed by atoms with Gasteiger partial charge < -0.3 is 14.9 Å². The van der Waals surface area contributed by atoms with Crippen LogP contribution >= 0.6 is 0 Å². The van der Waals surface area contributed by atoms with Crippen LogP contribution in [0, 0.1) is 5.92 Å². The van der Waals surface area contributed by atoms with Gasteiger partial charge in [0.1, 0.15) is 0 Å². The monoisotopic (exact) mass is 202 g/mol. The molecule has 5 nitrogen and oxygen atoms in total. The summed E-state index contributed by atoms with van der Waals surface area (Å²) in [5, 5.41) is 17.0. The first-order valence-electron chi connectivity index (χ1n) is 4.17. The van der Waals surface area contributed by atoms with Crippen molar-refractivity contribution in [1.29, 1.82) is 0 Å². The van der Waals surface area contributed by atoms with E-state index in [0.29, 0.717) is 6.42 Å². The lowest BCUT2D eigenvalue weighted by Crippen LogP contribution is -2.11. The highest BCUT2D eigenvalue weighted by Gasteiger charge is 2.15. The third-order valence-corrected chi connectivity index (χ3v) is 1.63. The van der Waals surface area contributed by atoms with Gasteiger partial charge in [-0.1, -0.05) is 0 Å². The molecule has 0 aliphatic rings. The Bertz CT molecular complexity index is 205. The molecule has 0 aromatic carbocycles. The molecule has 0 spiro atoms. The molecule has 0 saturated carbocycles. The zero-order chi connectivity index (χ0) is 11.0. The molecular weight excluding hydrogens is 188 g/mol. The molecule has 0 atom stereocenters. The molecule has 14 heavy (non-hydrogen) atoms. The average molecular weight is 202 g/mol. The van der Waals surface area contributed by atoms with Crippen LogP contribution in [0.5, 0.6) is 0 Å². The van der Waals surface area contributed by atoms with Crippen LogP contribution in [-0.4, -0.2) is 29.3 Å². The van der Waals surface area contributed by atoms with Crippen LogP contribution in [0.2, 0.25) is 0 Å². The molecular formula is C9H14O5. The molecule has 0 saturated heterocycles. The third kappa shape index (κ3) is 7.15. The van der Waals surface area contributed by atoms with Gasteiger partial charge in [-0.05, 0) is 18.4 Å². The Morgan fingerprint density at radius 3 is 2.14 bits per heavy atom. The van der Waals surface area contributed by atoms with Crippen LogP contribution in [0.25, 0.3) is 0 Å². The summed E-state index contributed by atoms with van der Waals surface area (Å²) in [6.07, 6.45) is 3.15. The molecule has 0 aliphatic heterocycles. The maximum absolute atomic E-state index is 10.4. The Balaban J connectivity index is 4.03. The quantitative estimate of drug-likeness (QED) is 0.604. The van der Waals surface area contributed by atoms with E-state index in [4.69, 9.17) is 10.2 Å². The first kappa shape index (κ1) is 12.5. The van der Waals surface area contributed by atoms with Crippen molar-refractivity contribution in [3.05, 3.63) is 12.3 Å². The fourth-order valence-corrected chi connectivity index (χ4v) is 1.08. The molecule has 80 valence electrons. The predicted molar refractivity (Wildman–Crippen MR) is 48.8 cm³/mol. The predicted octanol–water partition coefficient (Wildman–Crippen LogP) is 1.10. The maximum atomic E-state index is 10.4. The van der Waals surface area contributed by atoms with Crippen molar-refractivity contribution in [2.24, 2.45) is 5.92 Å². The number of hydrogen-bond acceptors (Lipinski definition) is 3. The molecule has 0 aromatic heterocycles. The minimum atomic E-state index is -0.984. The lowest BCUT2D eigenvalue weighted by Gasteiger charge is -2.08. The van der Waals surface area contributed by atoms with Gasteiger partial charge in [-0.25, -0.2) is 0 Å². The smallest absolute Gasteiger partial charge is 0.303 e. The van der Waals surface area contributed by atoms with Gasteiger partial charge in [0, 0.05) is 12.8 Å². The molecule has 5 heteroatoms. The number of ether oxygens (including phenoxy) is 1. The van der Waals surface area contributed by atoms with E-state index in [2.05, 4.69) is 4.74 Å². The third-order valence-electron chi connectivity index (χ3n) is 1.63. The minimum absolute atomic E-state index is 0.139. The van der Waals surface area contributed by atoms with Crippen molar-refractivity contribution in [2.75, 3.05) is 7.11 Å². The molecule has 2 N–H and O–H groups in total. The largest absolute Gasteiger partial charge is 0.505 e. The second-order valence-corrected chi connectivity index (χ2v) is 2.90. The fourth-order valence-electron chi connectivity index (χ4n) is 1.08. The zero-order valence-corrected chi connectivity index (χ0v) is 7.97. The van der Waals surface area contributed by atoms with Crippen LogP contribution in [0.1, 0.15) is 19.3 Å². The number of aliphatic carboxylic acids is 2. The standard InChI is InChI=1S/C9H14O5/c1-14-4-2-3-7(5-8(10)11)6-9(12)13/h2,4,7H,3,5-6H2,1H3,(H,10,11)(H,12,13). The number of rotatable bonds is 7. The number of methoxy groups -OCH3 is 1. The first-order valence-corrected chi connectivity index (χ1v) is 4.17. The van der Waals surface area contributed by atoms with Crippen molar-refractivity contribution in [1.82, 2.24) is 0 Å². The van der Waals surface area contributed by atoms with Crippen LogP contribution in [-0.2, 0) is 14.3 Å². The summed E-state index contributed by atoms with van der Waals surface area (Å²) < 4.78 is 4.63. The summed E-state index contributed by atoms with van der Waals surface area (Å²) in [6.45, 7) is 0. The molecule has 0 unspecified atom stereocenters. The highest BCUT2D eigenvalue weighted by molar-refractivity contribution is 5.70. The lowest BCUT2D eigenvalue weighted by molar-refractivity contribution is -0.140. The van der Waals surface area contributed by atoms with Crippen molar-refractivity contribution < 1.29 is 24.5 Å². The van der Waals surface area contributed by atoms with Gasteiger partial charge in [0.25, 0.3) is 0 Å². The molecule has 0 aromatic rings. The average Bonchev–Trinajstić information content (AvgIpc) is 2.02. The van der Waals surface area contributed by atoms with Gasteiger partial charge >= 0.3 is 11.9 Å². The van der Waals surface area contributed by atoms with Crippen molar-refractivity contribution >= 4 is 11.9 Å². The zero-order valence-electron chi connectivity index (χ0n) is 7.97. The van der Waals surface area contributed by atoms with Crippen molar-refractivity contribution in [3.63, 3.8) is 0 Å². The van der Waals surface area contributed by atoms with Crippen LogP contribution in [0.15, 0.2) is 12.3 Å². The van der Waals surface area contributed by atoms with Crippen molar-refractivity contribution in [3.8, 4) is 0 Å². The van der Waals surface area contributed by atoms with Crippen LogP contribution in [0.4, 0.5) is 0 Å². The molecule has 0 heterocycles. The minimum Gasteiger partial charge on any atom is -0.505 e. The summed E-state index contributed by atoms with van der Waals surface area (Å²) in [5.74, 6) is -2.35. The van der Waals surface area contributed by atoms with Gasteiger partial charge in [0.15, 0.2) is 0 Å². The fraction of sp³-hybridized carbons (Fsp3) is 0.556. The molecule has 0 fully saturated rings. The molecule has 0 aliphatic carbocycles. The van der Waals surface area contributed by atoms with Gasteiger partial charge in [-0.3, -0.25) is 9.59 Å². The van der Waals surface area contributed by atoms with E-state index < -0.39 is 11.9 Å². The highest BCUT2D eigenvalue weighted by Crippen LogP contribution is 2.14. The van der Waals surface area contributed by atoms with Gasteiger partial charge in [0.05, 0.1) is 13.4 Å². The molecule has 0 bridgehead atoms. The number of carboxylic acid groups (broad SMARTS) is 2. The van der Waals surface area contributed by atoms with Gasteiger partial charge in [-0.2, -0.15) is 0 Å².